The van der Waals surface area contributed by atoms with Gasteiger partial charge in [-0.3, -0.25) is 14.4 Å². The van der Waals surface area contributed by atoms with Crippen molar-refractivity contribution in [3.63, 3.8) is 0 Å². The van der Waals surface area contributed by atoms with Gasteiger partial charge in [-0.25, -0.2) is 0 Å². The molecule has 0 bridgehead atoms. The first-order valence-corrected chi connectivity index (χ1v) is 9.65. The maximum absolute atomic E-state index is 12.8. The number of pyridine rings is 1. The van der Waals surface area contributed by atoms with Crippen molar-refractivity contribution in [1.82, 2.24) is 4.57 Å². The summed E-state index contributed by atoms with van der Waals surface area (Å²) in [6.07, 6.45) is 1.50. The third-order valence-corrected chi connectivity index (χ3v) is 5.64. The fraction of sp³-hybridized carbons (Fsp3) is 0.190. The normalized spacial score (nSPS) is 13.1. The van der Waals surface area contributed by atoms with Crippen LogP contribution in [0, 0.1) is 0 Å². The van der Waals surface area contributed by atoms with Crippen LogP contribution in [0.3, 0.4) is 0 Å². The molecule has 150 valence electrons. The molecule has 1 aromatic heterocycles. The standard InChI is InChI=1S/C21H19Cl2N3O3/c1-11(13-6-7-16(22)17(23)10-13)20(28)25-18-5-3-4-15-14(18)8-9-26(21(15)29)12(2)19(24)27/h3-12H,1-2H3,(H2,24,27)(H,25,28)/t11-,12+/m0/s1. The van der Waals surface area contributed by atoms with Crippen molar-refractivity contribution in [3.05, 3.63) is 74.6 Å². The van der Waals surface area contributed by atoms with E-state index in [1.54, 1.807) is 56.3 Å². The highest BCUT2D eigenvalue weighted by Gasteiger charge is 2.19. The second-order valence-corrected chi connectivity index (χ2v) is 7.57. The summed E-state index contributed by atoms with van der Waals surface area (Å²) in [5, 5.41) is 4.59. The fourth-order valence-corrected chi connectivity index (χ4v) is 3.32. The highest BCUT2D eigenvalue weighted by atomic mass is 35.5. The number of hydrogen-bond donors (Lipinski definition) is 2. The predicted octanol–water partition coefficient (Wildman–Crippen LogP) is 4.10. The number of primary amides is 1. The molecule has 0 saturated heterocycles. The van der Waals surface area contributed by atoms with E-state index in [9.17, 15) is 14.4 Å². The van der Waals surface area contributed by atoms with Crippen molar-refractivity contribution in [2.24, 2.45) is 5.73 Å². The van der Waals surface area contributed by atoms with E-state index >= 15 is 0 Å². The number of anilines is 1. The monoisotopic (exact) mass is 431 g/mol. The van der Waals surface area contributed by atoms with Crippen LogP contribution in [0.25, 0.3) is 10.8 Å². The number of fused-ring (bicyclic) bond motifs is 1. The summed E-state index contributed by atoms with van der Waals surface area (Å²) in [6, 6.07) is 11.0. The Bertz CT molecular complexity index is 1170. The van der Waals surface area contributed by atoms with Crippen molar-refractivity contribution < 1.29 is 9.59 Å². The number of benzene rings is 2. The molecule has 3 aromatic rings. The molecule has 2 atom stereocenters. The van der Waals surface area contributed by atoms with Gasteiger partial charge in [-0.1, -0.05) is 35.3 Å². The zero-order chi connectivity index (χ0) is 21.3. The van der Waals surface area contributed by atoms with Crippen LogP contribution in [-0.2, 0) is 9.59 Å². The lowest BCUT2D eigenvalue weighted by Gasteiger charge is -2.16. The van der Waals surface area contributed by atoms with E-state index in [-0.39, 0.29) is 11.5 Å². The number of carbonyl (C=O) groups is 2. The lowest BCUT2D eigenvalue weighted by Crippen LogP contribution is -2.31. The molecule has 3 N–H and O–H groups in total. The summed E-state index contributed by atoms with van der Waals surface area (Å²) in [4.78, 5) is 37.0. The van der Waals surface area contributed by atoms with Gasteiger partial charge in [-0.05, 0) is 49.7 Å². The van der Waals surface area contributed by atoms with E-state index in [4.69, 9.17) is 28.9 Å². The molecule has 0 radical (unpaired) electrons. The predicted molar refractivity (Wildman–Crippen MR) is 116 cm³/mol. The number of carbonyl (C=O) groups excluding carboxylic acids is 2. The number of rotatable bonds is 5. The van der Waals surface area contributed by atoms with E-state index in [0.717, 1.165) is 5.56 Å². The number of nitrogens with zero attached hydrogens (tertiary/aromatic N) is 1. The van der Waals surface area contributed by atoms with Crippen LogP contribution in [0.5, 0.6) is 0 Å². The van der Waals surface area contributed by atoms with Crippen LogP contribution >= 0.6 is 23.2 Å². The van der Waals surface area contributed by atoms with Gasteiger partial charge >= 0.3 is 0 Å². The molecule has 0 aliphatic heterocycles. The van der Waals surface area contributed by atoms with Gasteiger partial charge in [0.1, 0.15) is 6.04 Å². The molecule has 6 nitrogen and oxygen atoms in total. The Kier molecular flexibility index (Phi) is 5.96. The highest BCUT2D eigenvalue weighted by molar-refractivity contribution is 6.42. The fourth-order valence-electron chi connectivity index (χ4n) is 3.02. The molecule has 0 aliphatic carbocycles. The van der Waals surface area contributed by atoms with Gasteiger partial charge < -0.3 is 15.6 Å². The van der Waals surface area contributed by atoms with Crippen molar-refractivity contribution in [2.75, 3.05) is 5.32 Å². The molecule has 0 fully saturated rings. The Hall–Kier alpha value is -2.83. The Balaban J connectivity index is 1.95. The Morgan fingerprint density at radius 2 is 1.76 bits per heavy atom. The van der Waals surface area contributed by atoms with E-state index < -0.39 is 17.9 Å². The zero-order valence-electron chi connectivity index (χ0n) is 15.8. The largest absolute Gasteiger partial charge is 0.368 e. The minimum atomic E-state index is -0.778. The number of amides is 2. The molecule has 2 amide bonds. The molecule has 0 saturated carbocycles. The SMILES string of the molecule is C[C@H](C(=O)Nc1cccc2c(=O)n([C@H](C)C(N)=O)ccc12)c1ccc(Cl)c(Cl)c1. The van der Waals surface area contributed by atoms with Crippen LogP contribution in [0.1, 0.15) is 31.4 Å². The Labute approximate surface area is 177 Å². The summed E-state index contributed by atoms with van der Waals surface area (Å²) in [7, 11) is 0. The maximum Gasteiger partial charge on any atom is 0.259 e. The second-order valence-electron chi connectivity index (χ2n) is 6.76. The van der Waals surface area contributed by atoms with Crippen LogP contribution in [0.15, 0.2) is 53.5 Å². The number of nitrogens with one attached hydrogen (secondary N) is 1. The van der Waals surface area contributed by atoms with Crippen molar-refractivity contribution in [3.8, 4) is 0 Å². The first-order chi connectivity index (χ1) is 13.7. The average Bonchev–Trinajstić information content (AvgIpc) is 2.69. The molecule has 1 heterocycles. The van der Waals surface area contributed by atoms with Crippen molar-refractivity contribution in [2.45, 2.75) is 25.8 Å². The number of nitrogens with two attached hydrogens (primary N) is 1. The quantitative estimate of drug-likeness (QED) is 0.636. The van der Waals surface area contributed by atoms with Gasteiger partial charge in [-0.2, -0.15) is 0 Å². The van der Waals surface area contributed by atoms with Gasteiger partial charge in [0.15, 0.2) is 0 Å². The van der Waals surface area contributed by atoms with Crippen LogP contribution in [-0.4, -0.2) is 16.4 Å². The smallest absolute Gasteiger partial charge is 0.259 e. The van der Waals surface area contributed by atoms with Crippen LogP contribution < -0.4 is 16.6 Å². The first-order valence-electron chi connectivity index (χ1n) is 8.89. The van der Waals surface area contributed by atoms with Crippen molar-refractivity contribution in [1.29, 1.82) is 0 Å². The Morgan fingerprint density at radius 1 is 1.03 bits per heavy atom. The van der Waals surface area contributed by atoms with E-state index in [1.165, 1.54) is 10.8 Å². The summed E-state index contributed by atoms with van der Waals surface area (Å²) < 4.78 is 1.27. The molecule has 0 unspecified atom stereocenters. The third kappa shape index (κ3) is 4.13. The average molecular weight is 432 g/mol. The Morgan fingerprint density at radius 3 is 2.41 bits per heavy atom. The van der Waals surface area contributed by atoms with Gasteiger partial charge in [0.25, 0.3) is 5.56 Å². The number of hydrogen-bond acceptors (Lipinski definition) is 3. The highest BCUT2D eigenvalue weighted by Crippen LogP contribution is 2.28. The van der Waals surface area contributed by atoms with Crippen LogP contribution in [0.4, 0.5) is 5.69 Å². The third-order valence-electron chi connectivity index (χ3n) is 4.90. The summed E-state index contributed by atoms with van der Waals surface area (Å²) in [5.74, 6) is -1.35. The van der Waals surface area contributed by atoms with E-state index in [1.807, 2.05) is 0 Å². The maximum atomic E-state index is 12.8. The molecule has 3 rings (SSSR count). The summed E-state index contributed by atoms with van der Waals surface area (Å²) in [6.45, 7) is 3.31. The van der Waals surface area contributed by atoms with Gasteiger partial charge in [-0.15, -0.1) is 0 Å². The van der Waals surface area contributed by atoms with Gasteiger partial charge in [0, 0.05) is 22.7 Å². The lowest BCUT2D eigenvalue weighted by atomic mass is 10.00. The molecule has 0 aliphatic rings. The molecule has 2 aromatic carbocycles. The van der Waals surface area contributed by atoms with Crippen LogP contribution in [0.2, 0.25) is 10.0 Å². The lowest BCUT2D eigenvalue weighted by molar-refractivity contribution is -0.120. The van der Waals surface area contributed by atoms with E-state index in [0.29, 0.717) is 26.5 Å². The molecule has 29 heavy (non-hydrogen) atoms. The van der Waals surface area contributed by atoms with Gasteiger partial charge in [0.05, 0.1) is 16.0 Å². The van der Waals surface area contributed by atoms with Crippen molar-refractivity contribution >= 4 is 51.5 Å². The minimum Gasteiger partial charge on any atom is -0.368 e. The zero-order valence-corrected chi connectivity index (χ0v) is 17.3. The van der Waals surface area contributed by atoms with Gasteiger partial charge in [0.2, 0.25) is 11.8 Å². The summed E-state index contributed by atoms with van der Waals surface area (Å²) >= 11 is 12.0. The van der Waals surface area contributed by atoms with E-state index in [2.05, 4.69) is 5.32 Å². The molecular formula is C21H19Cl2N3O3. The summed E-state index contributed by atoms with van der Waals surface area (Å²) in [5.41, 5.74) is 6.17. The topological polar surface area (TPSA) is 94.2 Å². The molecule has 8 heteroatoms. The molecular weight excluding hydrogens is 413 g/mol. The first kappa shape index (κ1) is 20.9. The number of aromatic nitrogens is 1. The molecule has 0 spiro atoms. The second kappa shape index (κ2) is 8.27. The minimum absolute atomic E-state index is 0.259. The number of halogens is 2.